The topological polar surface area (TPSA) is 92.9 Å². The smallest absolute Gasteiger partial charge is 0.223 e. The highest BCUT2D eigenvalue weighted by molar-refractivity contribution is 7.92. The van der Waals surface area contributed by atoms with Crippen molar-refractivity contribution in [2.24, 2.45) is 5.73 Å². The molecule has 0 aromatic heterocycles. The van der Waals surface area contributed by atoms with Gasteiger partial charge in [0, 0.05) is 20.7 Å². The molecule has 0 saturated heterocycles. The Labute approximate surface area is 108 Å². The molecular weight excluding hydrogens is 264 g/mol. The van der Waals surface area contributed by atoms with E-state index in [0.717, 1.165) is 4.31 Å². The molecule has 2 unspecified atom stereocenters. The van der Waals surface area contributed by atoms with Gasteiger partial charge in [0.25, 0.3) is 0 Å². The number of rotatable bonds is 8. The summed E-state index contributed by atoms with van der Waals surface area (Å²) >= 11 is 4.73. The predicted octanol–water partition coefficient (Wildman–Crippen LogP) is -0.680. The predicted molar refractivity (Wildman–Crippen MR) is 70.3 cm³/mol. The first kappa shape index (κ1) is 16.7. The molecule has 0 aromatic carbocycles. The van der Waals surface area contributed by atoms with Gasteiger partial charge in [-0.05, 0) is 6.42 Å². The number of methoxy groups -OCH3 is 1. The number of thiocarbonyl (C=S) groups is 1. The average molecular weight is 284 g/mol. The van der Waals surface area contributed by atoms with Crippen LogP contribution in [0.5, 0.6) is 0 Å². The third-order valence-corrected chi connectivity index (χ3v) is 5.07. The molecule has 0 aliphatic rings. The normalized spacial score (nSPS) is 15.8. The van der Waals surface area contributed by atoms with Crippen molar-refractivity contribution >= 4 is 27.2 Å². The van der Waals surface area contributed by atoms with Crippen LogP contribution in [0.4, 0.5) is 0 Å². The van der Waals surface area contributed by atoms with Gasteiger partial charge in [-0.2, -0.15) is 0 Å². The minimum Gasteiger partial charge on any atom is -0.392 e. The second kappa shape index (κ2) is 7.22. The zero-order valence-corrected chi connectivity index (χ0v) is 11.9. The van der Waals surface area contributed by atoms with Crippen molar-refractivity contribution in [1.82, 2.24) is 4.31 Å². The zero-order chi connectivity index (χ0) is 13.6. The Hall–Kier alpha value is -0.280. The highest BCUT2D eigenvalue weighted by Gasteiger charge is 2.31. The molecule has 3 N–H and O–H groups in total. The Morgan fingerprint density at radius 2 is 2.12 bits per heavy atom. The van der Waals surface area contributed by atoms with Gasteiger partial charge in [-0.1, -0.05) is 19.1 Å². The van der Waals surface area contributed by atoms with Crippen LogP contribution in [0.3, 0.4) is 0 Å². The van der Waals surface area contributed by atoms with Crippen LogP contribution in [0, 0.1) is 0 Å². The molecular formula is C9H20N2O4S2. The fourth-order valence-electron chi connectivity index (χ4n) is 1.42. The number of aliphatic hydroxyl groups excluding tert-OH is 1. The summed E-state index contributed by atoms with van der Waals surface area (Å²) in [6, 6.07) is 0. The Morgan fingerprint density at radius 1 is 1.59 bits per heavy atom. The molecule has 17 heavy (non-hydrogen) atoms. The molecule has 102 valence electrons. The number of aliphatic hydroxyl groups is 1. The highest BCUT2D eigenvalue weighted by Crippen LogP contribution is 2.12. The maximum absolute atomic E-state index is 12.0. The van der Waals surface area contributed by atoms with E-state index in [1.807, 2.05) is 0 Å². The summed E-state index contributed by atoms with van der Waals surface area (Å²) in [7, 11) is -0.796. The van der Waals surface area contributed by atoms with Gasteiger partial charge < -0.3 is 15.6 Å². The molecule has 0 amide bonds. The number of nitrogens with two attached hydrogens (primary N) is 1. The maximum atomic E-state index is 12.0. The molecule has 0 fully saturated rings. The number of ether oxygens (including phenoxy) is 1. The van der Waals surface area contributed by atoms with E-state index >= 15 is 0 Å². The van der Waals surface area contributed by atoms with Crippen LogP contribution in [-0.2, 0) is 14.8 Å². The van der Waals surface area contributed by atoms with E-state index in [1.54, 1.807) is 6.92 Å². The van der Waals surface area contributed by atoms with Crippen LogP contribution in [0.15, 0.2) is 0 Å². The van der Waals surface area contributed by atoms with Gasteiger partial charge in [0.1, 0.15) is 5.25 Å². The van der Waals surface area contributed by atoms with E-state index in [1.165, 1.54) is 14.2 Å². The first-order valence-corrected chi connectivity index (χ1v) is 7.09. The van der Waals surface area contributed by atoms with Crippen molar-refractivity contribution in [3.8, 4) is 0 Å². The van der Waals surface area contributed by atoms with Crippen LogP contribution in [0.25, 0.3) is 0 Å². The standard InChI is InChI=1S/C9H20N2O4S2/c1-4-8(9(10)16)17(13,14)11(2)5-7(12)6-15-3/h7-8,12H,4-6H2,1-3H3,(H2,10,16). The van der Waals surface area contributed by atoms with Crippen molar-refractivity contribution in [2.45, 2.75) is 24.7 Å². The van der Waals surface area contributed by atoms with Gasteiger partial charge in [-0.25, -0.2) is 12.7 Å². The first-order valence-electron chi connectivity index (χ1n) is 5.18. The monoisotopic (exact) mass is 284 g/mol. The van der Waals surface area contributed by atoms with Gasteiger partial charge in [0.15, 0.2) is 0 Å². The van der Waals surface area contributed by atoms with E-state index in [2.05, 4.69) is 0 Å². The summed E-state index contributed by atoms with van der Waals surface area (Å²) in [6.07, 6.45) is -0.564. The van der Waals surface area contributed by atoms with E-state index in [0.29, 0.717) is 6.42 Å². The Kier molecular flexibility index (Phi) is 7.10. The van der Waals surface area contributed by atoms with Crippen LogP contribution >= 0.6 is 12.2 Å². The molecule has 8 heteroatoms. The first-order chi connectivity index (χ1) is 7.77. The highest BCUT2D eigenvalue weighted by atomic mass is 32.2. The number of sulfonamides is 1. The zero-order valence-electron chi connectivity index (χ0n) is 10.3. The Balaban J connectivity index is 4.75. The molecule has 0 rings (SSSR count). The third kappa shape index (κ3) is 4.84. The van der Waals surface area contributed by atoms with Gasteiger partial charge >= 0.3 is 0 Å². The van der Waals surface area contributed by atoms with E-state index in [9.17, 15) is 13.5 Å². The lowest BCUT2D eigenvalue weighted by atomic mass is 10.3. The summed E-state index contributed by atoms with van der Waals surface area (Å²) in [5, 5.41) is 8.59. The van der Waals surface area contributed by atoms with Gasteiger partial charge in [0.05, 0.1) is 17.7 Å². The molecule has 0 aromatic rings. The van der Waals surface area contributed by atoms with Gasteiger partial charge in [-0.3, -0.25) is 0 Å². The van der Waals surface area contributed by atoms with Crippen molar-refractivity contribution in [3.63, 3.8) is 0 Å². The Bertz CT molecular complexity index is 345. The number of nitrogens with zero attached hydrogens (tertiary/aromatic N) is 1. The molecule has 0 aliphatic carbocycles. The minimum atomic E-state index is -3.61. The van der Waals surface area contributed by atoms with Crippen molar-refractivity contribution in [2.75, 3.05) is 27.3 Å². The second-order valence-electron chi connectivity index (χ2n) is 3.73. The summed E-state index contributed by atoms with van der Waals surface area (Å²) in [6.45, 7) is 1.72. The van der Waals surface area contributed by atoms with Crippen LogP contribution < -0.4 is 5.73 Å². The van der Waals surface area contributed by atoms with E-state index < -0.39 is 21.4 Å². The summed E-state index contributed by atoms with van der Waals surface area (Å²) in [4.78, 5) is -0.0550. The maximum Gasteiger partial charge on any atom is 0.223 e. The SMILES string of the molecule is CCC(C(N)=S)S(=O)(=O)N(C)CC(O)COC. The summed E-state index contributed by atoms with van der Waals surface area (Å²) in [5.74, 6) is 0. The van der Waals surface area contributed by atoms with Crippen molar-refractivity contribution in [1.29, 1.82) is 0 Å². The fraction of sp³-hybridized carbons (Fsp3) is 0.889. The van der Waals surface area contributed by atoms with Crippen molar-refractivity contribution in [3.05, 3.63) is 0 Å². The molecule has 0 spiro atoms. The third-order valence-electron chi connectivity index (χ3n) is 2.31. The van der Waals surface area contributed by atoms with E-state index in [4.69, 9.17) is 22.7 Å². The van der Waals surface area contributed by atoms with E-state index in [-0.39, 0.29) is 18.1 Å². The molecule has 6 nitrogen and oxygen atoms in total. The number of likely N-dealkylation sites (N-methyl/N-ethyl adjacent to an activating group) is 1. The number of hydrogen-bond donors (Lipinski definition) is 2. The van der Waals surface area contributed by atoms with Crippen molar-refractivity contribution < 1.29 is 18.3 Å². The minimum absolute atomic E-state index is 0.0463. The molecule has 0 radical (unpaired) electrons. The lowest BCUT2D eigenvalue weighted by Crippen LogP contribution is -2.45. The second-order valence-corrected chi connectivity index (χ2v) is 6.43. The lowest BCUT2D eigenvalue weighted by Gasteiger charge is -2.24. The molecule has 0 heterocycles. The lowest BCUT2D eigenvalue weighted by molar-refractivity contribution is 0.0553. The van der Waals surface area contributed by atoms with Crippen LogP contribution in [0.2, 0.25) is 0 Å². The van der Waals surface area contributed by atoms with Gasteiger partial charge in [0.2, 0.25) is 10.0 Å². The van der Waals surface area contributed by atoms with Gasteiger partial charge in [-0.15, -0.1) is 0 Å². The quantitative estimate of drug-likeness (QED) is 0.574. The summed E-state index contributed by atoms with van der Waals surface area (Å²) < 4.78 is 29.9. The largest absolute Gasteiger partial charge is 0.392 e. The fourth-order valence-corrected chi connectivity index (χ4v) is 3.48. The summed E-state index contributed by atoms with van der Waals surface area (Å²) in [5.41, 5.74) is 5.40. The molecule has 0 saturated carbocycles. The Morgan fingerprint density at radius 3 is 2.47 bits per heavy atom. The van der Waals surface area contributed by atoms with Crippen LogP contribution in [0.1, 0.15) is 13.3 Å². The molecule has 0 bridgehead atoms. The molecule has 0 aliphatic heterocycles. The molecule has 2 atom stereocenters. The van der Waals surface area contributed by atoms with Crippen LogP contribution in [-0.4, -0.2) is 61.5 Å². The number of hydrogen-bond acceptors (Lipinski definition) is 5. The average Bonchev–Trinajstić information content (AvgIpc) is 2.17.